The van der Waals surface area contributed by atoms with Crippen molar-refractivity contribution in [2.75, 3.05) is 0 Å². The third-order valence-corrected chi connectivity index (χ3v) is 6.96. The molecule has 2 saturated carbocycles. The van der Waals surface area contributed by atoms with Crippen LogP contribution < -0.4 is 5.73 Å². The predicted molar refractivity (Wildman–Crippen MR) is 88.6 cm³/mol. The highest BCUT2D eigenvalue weighted by molar-refractivity contribution is 5.04. The Hall–Kier alpha value is -0.0400. The van der Waals surface area contributed by atoms with Gasteiger partial charge < -0.3 is 5.73 Å². The largest absolute Gasteiger partial charge is 0.327 e. The van der Waals surface area contributed by atoms with E-state index in [0.717, 1.165) is 23.7 Å². The topological polar surface area (TPSA) is 26.0 Å². The van der Waals surface area contributed by atoms with Crippen molar-refractivity contribution in [1.82, 2.24) is 0 Å². The summed E-state index contributed by atoms with van der Waals surface area (Å²) < 4.78 is 0. The van der Waals surface area contributed by atoms with E-state index in [1.807, 2.05) is 0 Å². The van der Waals surface area contributed by atoms with Crippen molar-refractivity contribution in [2.45, 2.75) is 91.5 Å². The average molecular weight is 280 g/mol. The van der Waals surface area contributed by atoms with Gasteiger partial charge in [0.2, 0.25) is 0 Å². The van der Waals surface area contributed by atoms with Gasteiger partial charge in [-0.25, -0.2) is 0 Å². The number of hydrogen-bond acceptors (Lipinski definition) is 1. The minimum atomic E-state index is 0.463. The Morgan fingerprint density at radius 2 is 1.90 bits per heavy atom. The van der Waals surface area contributed by atoms with Crippen LogP contribution in [-0.4, -0.2) is 6.04 Å². The second-order valence-electron chi connectivity index (χ2n) is 8.14. The number of nitrogens with two attached hydrogens (primary N) is 1. The van der Waals surface area contributed by atoms with Gasteiger partial charge >= 0.3 is 0 Å². The molecule has 118 valence electrons. The quantitative estimate of drug-likeness (QED) is 0.693. The highest BCUT2D eigenvalue weighted by atomic mass is 14.7. The van der Waals surface area contributed by atoms with Gasteiger partial charge in [0, 0.05) is 6.04 Å². The maximum atomic E-state index is 6.48. The Bertz CT molecular complexity index is 300. The highest BCUT2D eigenvalue weighted by Crippen LogP contribution is 2.57. The molecule has 0 radical (unpaired) electrons. The lowest BCUT2D eigenvalue weighted by molar-refractivity contribution is 0.0217. The van der Waals surface area contributed by atoms with Gasteiger partial charge in [0.15, 0.2) is 0 Å². The van der Waals surface area contributed by atoms with Crippen LogP contribution in [0.1, 0.15) is 85.5 Å². The molecule has 0 saturated heterocycles. The van der Waals surface area contributed by atoms with E-state index in [1.165, 1.54) is 57.8 Å². The van der Waals surface area contributed by atoms with E-state index >= 15 is 0 Å². The zero-order valence-corrected chi connectivity index (χ0v) is 14.3. The smallest absolute Gasteiger partial charge is 0.00957 e. The molecule has 0 aromatic carbocycles. The summed E-state index contributed by atoms with van der Waals surface area (Å²) in [6, 6.07) is 0.473. The lowest BCUT2D eigenvalue weighted by Crippen LogP contribution is -2.46. The molecule has 0 aromatic rings. The van der Waals surface area contributed by atoms with Crippen molar-refractivity contribution in [3.05, 3.63) is 0 Å². The van der Waals surface area contributed by atoms with Crippen molar-refractivity contribution in [3.63, 3.8) is 0 Å². The van der Waals surface area contributed by atoms with Gasteiger partial charge in [0.1, 0.15) is 0 Å². The minimum Gasteiger partial charge on any atom is -0.327 e. The molecule has 2 N–H and O–H groups in total. The van der Waals surface area contributed by atoms with Crippen molar-refractivity contribution in [1.29, 1.82) is 0 Å². The molecule has 2 aliphatic carbocycles. The van der Waals surface area contributed by atoms with Crippen molar-refractivity contribution in [2.24, 2.45) is 34.8 Å². The molecule has 0 amide bonds. The van der Waals surface area contributed by atoms with E-state index in [1.54, 1.807) is 0 Å². The summed E-state index contributed by atoms with van der Waals surface area (Å²) in [5.41, 5.74) is 6.94. The third kappa shape index (κ3) is 3.08. The molecule has 0 aromatic heterocycles. The fraction of sp³-hybridized carbons (Fsp3) is 1.00. The van der Waals surface area contributed by atoms with E-state index in [2.05, 4.69) is 27.7 Å². The summed E-state index contributed by atoms with van der Waals surface area (Å²) >= 11 is 0. The van der Waals surface area contributed by atoms with Crippen LogP contribution in [-0.2, 0) is 0 Å². The first-order valence-electron chi connectivity index (χ1n) is 9.28. The summed E-state index contributed by atoms with van der Waals surface area (Å²) in [5.74, 6) is 3.78. The van der Waals surface area contributed by atoms with Crippen molar-refractivity contribution >= 4 is 0 Å². The van der Waals surface area contributed by atoms with E-state index in [-0.39, 0.29) is 0 Å². The fourth-order valence-corrected chi connectivity index (χ4v) is 5.46. The van der Waals surface area contributed by atoms with Gasteiger partial charge in [-0.2, -0.15) is 0 Å². The Morgan fingerprint density at radius 1 is 1.15 bits per heavy atom. The molecule has 6 atom stereocenters. The highest BCUT2D eigenvalue weighted by Gasteiger charge is 2.51. The average Bonchev–Trinajstić information content (AvgIpc) is 2.73. The van der Waals surface area contributed by atoms with Crippen LogP contribution in [0, 0.1) is 29.1 Å². The second kappa shape index (κ2) is 6.81. The van der Waals surface area contributed by atoms with E-state index in [9.17, 15) is 0 Å². The maximum absolute atomic E-state index is 6.48. The molecular formula is C19H37N. The molecule has 0 bridgehead atoms. The maximum Gasteiger partial charge on any atom is 0.00957 e. The molecule has 2 rings (SSSR count). The first-order chi connectivity index (χ1) is 9.52. The Kier molecular flexibility index (Phi) is 5.56. The molecule has 1 heteroatoms. The van der Waals surface area contributed by atoms with Crippen LogP contribution in [0.5, 0.6) is 0 Å². The molecular weight excluding hydrogens is 242 g/mol. The van der Waals surface area contributed by atoms with Gasteiger partial charge in [-0.1, -0.05) is 53.4 Å². The lowest BCUT2D eigenvalue weighted by Gasteiger charge is -2.48. The summed E-state index contributed by atoms with van der Waals surface area (Å²) in [7, 11) is 0. The van der Waals surface area contributed by atoms with Crippen LogP contribution in [0.4, 0.5) is 0 Å². The van der Waals surface area contributed by atoms with Crippen LogP contribution in [0.3, 0.4) is 0 Å². The van der Waals surface area contributed by atoms with Crippen LogP contribution in [0.15, 0.2) is 0 Å². The van der Waals surface area contributed by atoms with Crippen LogP contribution >= 0.6 is 0 Å². The van der Waals surface area contributed by atoms with Gasteiger partial charge in [0.05, 0.1) is 0 Å². The van der Waals surface area contributed by atoms with E-state index < -0.39 is 0 Å². The Morgan fingerprint density at radius 3 is 2.55 bits per heavy atom. The SMILES string of the molecule is CCCC(C)CCC1C(CC)CCC2(C)C(N)CCC12. The normalized spacial score (nSPS) is 42.5. The fourth-order valence-electron chi connectivity index (χ4n) is 5.46. The zero-order chi connectivity index (χ0) is 14.8. The third-order valence-electron chi connectivity index (χ3n) is 6.96. The van der Waals surface area contributed by atoms with E-state index in [4.69, 9.17) is 5.73 Å². The summed E-state index contributed by atoms with van der Waals surface area (Å²) in [6.07, 6.45) is 12.5. The standard InChI is InChI=1S/C19H37N/c1-5-7-14(3)8-9-16-15(6-2)12-13-19(4)17(16)10-11-18(19)20/h14-18H,5-13,20H2,1-4H3. The Balaban J connectivity index is 2.02. The summed E-state index contributed by atoms with van der Waals surface area (Å²) in [4.78, 5) is 0. The summed E-state index contributed by atoms with van der Waals surface area (Å²) in [6.45, 7) is 9.68. The number of rotatable bonds is 6. The summed E-state index contributed by atoms with van der Waals surface area (Å²) in [5, 5.41) is 0. The number of fused-ring (bicyclic) bond motifs is 1. The number of hydrogen-bond donors (Lipinski definition) is 1. The van der Waals surface area contributed by atoms with Crippen molar-refractivity contribution < 1.29 is 0 Å². The predicted octanol–water partition coefficient (Wildman–Crippen LogP) is 5.38. The molecule has 1 nitrogen and oxygen atoms in total. The van der Waals surface area contributed by atoms with Gasteiger partial charge in [-0.05, 0) is 61.2 Å². The monoisotopic (exact) mass is 279 g/mol. The minimum absolute atomic E-state index is 0.463. The van der Waals surface area contributed by atoms with Crippen LogP contribution in [0.25, 0.3) is 0 Å². The van der Waals surface area contributed by atoms with Crippen LogP contribution in [0.2, 0.25) is 0 Å². The Labute approximate surface area is 127 Å². The van der Waals surface area contributed by atoms with Gasteiger partial charge in [-0.15, -0.1) is 0 Å². The zero-order valence-electron chi connectivity index (χ0n) is 14.3. The molecule has 2 aliphatic rings. The van der Waals surface area contributed by atoms with E-state index in [0.29, 0.717) is 11.5 Å². The van der Waals surface area contributed by atoms with Crippen molar-refractivity contribution in [3.8, 4) is 0 Å². The molecule has 0 spiro atoms. The molecule has 20 heavy (non-hydrogen) atoms. The molecule has 2 fully saturated rings. The molecule has 6 unspecified atom stereocenters. The second-order valence-corrected chi connectivity index (χ2v) is 8.14. The lowest BCUT2D eigenvalue weighted by atomic mass is 9.58. The first kappa shape index (κ1) is 16.3. The van der Waals surface area contributed by atoms with Gasteiger partial charge in [-0.3, -0.25) is 0 Å². The van der Waals surface area contributed by atoms with Gasteiger partial charge in [0.25, 0.3) is 0 Å². The molecule has 0 heterocycles. The first-order valence-corrected chi connectivity index (χ1v) is 9.28. The molecule has 0 aliphatic heterocycles.